The number of benzene rings is 4. The van der Waals surface area contributed by atoms with Gasteiger partial charge in [0.15, 0.2) is 0 Å². The van der Waals surface area contributed by atoms with Crippen molar-refractivity contribution >= 4 is 43.7 Å². The van der Waals surface area contributed by atoms with Gasteiger partial charge >= 0.3 is 0 Å². The fourth-order valence-electron chi connectivity index (χ4n) is 5.86. The number of aromatic nitrogens is 8. The minimum atomic E-state index is 0.704. The fraction of sp³-hybridized carbons (Fsp3) is 0. The third kappa shape index (κ3) is 4.25. The van der Waals surface area contributed by atoms with E-state index in [0.29, 0.717) is 11.4 Å². The summed E-state index contributed by atoms with van der Waals surface area (Å²) < 4.78 is 6.26. The van der Waals surface area contributed by atoms with E-state index in [1.54, 1.807) is 49.8 Å². The topological polar surface area (TPSA) is 116 Å². The van der Waals surface area contributed by atoms with Crippen LogP contribution in [0.25, 0.3) is 88.8 Å². The third-order valence-electron chi connectivity index (χ3n) is 8.02. The van der Waals surface area contributed by atoms with E-state index >= 15 is 0 Å². The Hall–Kier alpha value is -6.48. The molecule has 0 N–H and O–H groups in total. The average Bonchev–Trinajstić information content (AvgIpc) is 3.48. The minimum Gasteiger partial charge on any atom is -0.456 e. The first-order valence-electron chi connectivity index (χ1n) is 14.3. The molecule has 0 aliphatic carbocycles. The lowest BCUT2D eigenvalue weighted by Gasteiger charge is -2.08. The van der Waals surface area contributed by atoms with Crippen LogP contribution in [0.15, 0.2) is 127 Å². The summed E-state index contributed by atoms with van der Waals surface area (Å²) >= 11 is 0. The van der Waals surface area contributed by atoms with Crippen LogP contribution in [0, 0.1) is 0 Å². The maximum atomic E-state index is 6.26. The van der Waals surface area contributed by atoms with E-state index in [-0.39, 0.29) is 0 Å². The second-order valence-electron chi connectivity index (χ2n) is 10.6. The predicted octanol–water partition coefficient (Wildman–Crippen LogP) is 7.72. The standard InChI is InChI=1S/C36H20N8O/c1-5-29-27(35(43-19-41-29)31-17-37-9-11-39-31)15-21(1)23-3-7-33-25(13-23)26-14-24(4-8-34(26)45-33)22-2-6-30-28(16-22)36(44-20-42-30)32-18-38-10-12-40-32/h1-20H. The molecule has 9 rings (SSSR count). The maximum Gasteiger partial charge on any atom is 0.135 e. The molecule has 0 aliphatic heterocycles. The smallest absolute Gasteiger partial charge is 0.135 e. The van der Waals surface area contributed by atoms with Crippen LogP contribution in [0.2, 0.25) is 0 Å². The molecule has 5 aromatic heterocycles. The largest absolute Gasteiger partial charge is 0.456 e. The number of hydrogen-bond acceptors (Lipinski definition) is 9. The molecule has 4 aromatic carbocycles. The Morgan fingerprint density at radius 3 is 1.29 bits per heavy atom. The van der Waals surface area contributed by atoms with Crippen molar-refractivity contribution in [2.45, 2.75) is 0 Å². The molecule has 0 unspecified atom stereocenters. The van der Waals surface area contributed by atoms with Crippen molar-refractivity contribution in [3.63, 3.8) is 0 Å². The molecule has 0 aliphatic rings. The lowest BCUT2D eigenvalue weighted by molar-refractivity contribution is 0.669. The van der Waals surface area contributed by atoms with Crippen LogP contribution in [-0.4, -0.2) is 39.9 Å². The summed E-state index contributed by atoms with van der Waals surface area (Å²) in [7, 11) is 0. The molecule has 9 aromatic rings. The van der Waals surface area contributed by atoms with Gasteiger partial charge in [-0.15, -0.1) is 0 Å². The molecule has 0 atom stereocenters. The monoisotopic (exact) mass is 580 g/mol. The van der Waals surface area contributed by atoms with Gasteiger partial charge in [-0.25, -0.2) is 19.9 Å². The van der Waals surface area contributed by atoms with Crippen molar-refractivity contribution < 1.29 is 4.42 Å². The van der Waals surface area contributed by atoms with Gasteiger partial charge in [0.25, 0.3) is 0 Å². The summed E-state index contributed by atoms with van der Waals surface area (Å²) in [4.78, 5) is 35.4. The van der Waals surface area contributed by atoms with Crippen LogP contribution in [-0.2, 0) is 0 Å². The number of nitrogens with zero attached hydrogens (tertiary/aromatic N) is 8. The van der Waals surface area contributed by atoms with Crippen molar-refractivity contribution in [2.75, 3.05) is 0 Å². The van der Waals surface area contributed by atoms with E-state index in [1.165, 1.54) is 0 Å². The molecule has 0 fully saturated rings. The summed E-state index contributed by atoms with van der Waals surface area (Å²) in [6.45, 7) is 0. The van der Waals surface area contributed by atoms with Gasteiger partial charge in [0, 0.05) is 46.3 Å². The number of hydrogen-bond donors (Lipinski definition) is 0. The molecule has 5 heterocycles. The van der Waals surface area contributed by atoms with Gasteiger partial charge in [0.05, 0.1) is 23.4 Å². The van der Waals surface area contributed by atoms with E-state index in [2.05, 4.69) is 88.4 Å². The van der Waals surface area contributed by atoms with Crippen LogP contribution in [0.4, 0.5) is 0 Å². The Morgan fingerprint density at radius 1 is 0.400 bits per heavy atom. The highest BCUT2D eigenvalue weighted by Crippen LogP contribution is 2.37. The zero-order valence-electron chi connectivity index (χ0n) is 23.5. The third-order valence-corrected chi connectivity index (χ3v) is 8.02. The summed E-state index contributed by atoms with van der Waals surface area (Å²) in [6, 6.07) is 25.0. The lowest BCUT2D eigenvalue weighted by Crippen LogP contribution is -1.92. The van der Waals surface area contributed by atoms with Crippen molar-refractivity contribution in [3.05, 3.63) is 123 Å². The Morgan fingerprint density at radius 2 is 0.844 bits per heavy atom. The highest BCUT2D eigenvalue weighted by atomic mass is 16.3. The highest BCUT2D eigenvalue weighted by molar-refractivity contribution is 6.08. The molecule has 9 nitrogen and oxygen atoms in total. The van der Waals surface area contributed by atoms with Crippen LogP contribution < -0.4 is 0 Å². The van der Waals surface area contributed by atoms with E-state index in [0.717, 1.165) is 77.4 Å². The SMILES string of the molecule is c1cnc(-c2ncnc3ccc(-c4ccc5oc6ccc(-c7ccc8ncnc(-c9cnccn9)c8c7)cc6c5c4)cc23)cn1. The van der Waals surface area contributed by atoms with Crippen LogP contribution in [0.3, 0.4) is 0 Å². The first kappa shape index (κ1) is 25.1. The Balaban J connectivity index is 1.16. The Bertz CT molecular complexity index is 2370. The molecule has 0 radical (unpaired) electrons. The van der Waals surface area contributed by atoms with Gasteiger partial charge in [0.1, 0.15) is 46.6 Å². The summed E-state index contributed by atoms with van der Waals surface area (Å²) in [6.07, 6.45) is 13.2. The van der Waals surface area contributed by atoms with Crippen LogP contribution in [0.1, 0.15) is 0 Å². The normalized spacial score (nSPS) is 11.6. The summed E-state index contributed by atoms with van der Waals surface area (Å²) in [5, 5.41) is 3.90. The predicted molar refractivity (Wildman–Crippen MR) is 173 cm³/mol. The molecule has 0 saturated heterocycles. The van der Waals surface area contributed by atoms with Crippen molar-refractivity contribution in [1.29, 1.82) is 0 Å². The molecule has 45 heavy (non-hydrogen) atoms. The van der Waals surface area contributed by atoms with Crippen molar-refractivity contribution in [3.8, 4) is 45.0 Å². The van der Waals surface area contributed by atoms with Gasteiger partial charge < -0.3 is 4.42 Å². The molecule has 0 bridgehead atoms. The highest BCUT2D eigenvalue weighted by Gasteiger charge is 2.14. The fourth-order valence-corrected chi connectivity index (χ4v) is 5.86. The second kappa shape index (κ2) is 10.1. The molecule has 9 heteroatoms. The summed E-state index contributed by atoms with van der Waals surface area (Å²) in [5.74, 6) is 0. The van der Waals surface area contributed by atoms with E-state index < -0.39 is 0 Å². The molecule has 210 valence electrons. The van der Waals surface area contributed by atoms with E-state index in [4.69, 9.17) is 4.42 Å². The van der Waals surface area contributed by atoms with Gasteiger partial charge in [0.2, 0.25) is 0 Å². The van der Waals surface area contributed by atoms with E-state index in [1.807, 2.05) is 24.3 Å². The quantitative estimate of drug-likeness (QED) is 0.206. The Kier molecular flexibility index (Phi) is 5.60. The number of rotatable bonds is 4. The summed E-state index contributed by atoms with van der Waals surface area (Å²) in [5.41, 5.74) is 10.4. The zero-order valence-corrected chi connectivity index (χ0v) is 23.5. The maximum absolute atomic E-state index is 6.26. The lowest BCUT2D eigenvalue weighted by atomic mass is 9.98. The first-order valence-corrected chi connectivity index (χ1v) is 14.3. The minimum absolute atomic E-state index is 0.704. The zero-order chi connectivity index (χ0) is 29.7. The Labute approximate surface area is 255 Å². The molecular weight excluding hydrogens is 560 g/mol. The molecule has 0 saturated carbocycles. The number of furan rings is 1. The first-order chi connectivity index (χ1) is 22.3. The van der Waals surface area contributed by atoms with Gasteiger partial charge in [-0.3, -0.25) is 19.9 Å². The van der Waals surface area contributed by atoms with Crippen molar-refractivity contribution in [2.24, 2.45) is 0 Å². The van der Waals surface area contributed by atoms with E-state index in [9.17, 15) is 0 Å². The number of fused-ring (bicyclic) bond motifs is 5. The van der Waals surface area contributed by atoms with Gasteiger partial charge in [-0.1, -0.05) is 24.3 Å². The molecular formula is C36H20N8O. The molecule has 0 spiro atoms. The van der Waals surface area contributed by atoms with Gasteiger partial charge in [-0.2, -0.15) is 0 Å². The van der Waals surface area contributed by atoms with Crippen LogP contribution >= 0.6 is 0 Å². The second-order valence-corrected chi connectivity index (χ2v) is 10.6. The average molecular weight is 581 g/mol. The van der Waals surface area contributed by atoms with Gasteiger partial charge in [-0.05, 0) is 70.8 Å². The van der Waals surface area contributed by atoms with Crippen molar-refractivity contribution in [1.82, 2.24) is 39.9 Å². The van der Waals surface area contributed by atoms with Crippen LogP contribution in [0.5, 0.6) is 0 Å². The molecule has 0 amide bonds.